The van der Waals surface area contributed by atoms with Gasteiger partial charge in [0, 0.05) is 49.3 Å². The van der Waals surface area contributed by atoms with Crippen LogP contribution in [0.5, 0.6) is 0 Å². The Hall–Kier alpha value is -2.14. The number of rotatable bonds is 2. The second-order valence-corrected chi connectivity index (χ2v) is 6.45. The van der Waals surface area contributed by atoms with Gasteiger partial charge in [0.1, 0.15) is 0 Å². The molecule has 3 heterocycles. The Bertz CT molecular complexity index is 665. The van der Waals surface area contributed by atoms with E-state index >= 15 is 0 Å². The highest BCUT2D eigenvalue weighted by Crippen LogP contribution is 2.22. The summed E-state index contributed by atoms with van der Waals surface area (Å²) in [6, 6.07) is 8.37. The Morgan fingerprint density at radius 1 is 1.09 bits per heavy atom. The number of amides is 1. The van der Waals surface area contributed by atoms with Crippen LogP contribution in [-0.2, 0) is 0 Å². The van der Waals surface area contributed by atoms with Gasteiger partial charge in [-0.15, -0.1) is 0 Å². The highest BCUT2D eigenvalue weighted by molar-refractivity contribution is 5.94. The van der Waals surface area contributed by atoms with E-state index in [2.05, 4.69) is 9.88 Å². The van der Waals surface area contributed by atoms with Crippen LogP contribution in [0, 0.1) is 0 Å². The van der Waals surface area contributed by atoms with Crippen molar-refractivity contribution in [2.75, 3.05) is 26.2 Å². The van der Waals surface area contributed by atoms with Crippen molar-refractivity contribution in [2.24, 2.45) is 0 Å². The highest BCUT2D eigenvalue weighted by atomic mass is 16.2. The number of carbonyl (C=O) groups excluding carboxylic acids is 1. The molecule has 2 fully saturated rings. The Labute approximate surface area is 136 Å². The molecule has 1 atom stereocenters. The fraction of sp³-hybridized carbons (Fsp3) is 0.444. The van der Waals surface area contributed by atoms with Crippen LogP contribution in [0.4, 0.5) is 0 Å². The number of hydrogen-bond acceptors (Lipinski definition) is 3. The second kappa shape index (κ2) is 6.16. The molecule has 0 bridgehead atoms. The van der Waals surface area contributed by atoms with Gasteiger partial charge in [0.25, 0.3) is 5.91 Å². The van der Waals surface area contributed by atoms with Gasteiger partial charge >= 0.3 is 0 Å². The van der Waals surface area contributed by atoms with Gasteiger partial charge < -0.3 is 9.47 Å². The van der Waals surface area contributed by atoms with Crippen molar-refractivity contribution < 1.29 is 4.79 Å². The average Bonchev–Trinajstić information content (AvgIpc) is 3.23. The van der Waals surface area contributed by atoms with Gasteiger partial charge in [-0.2, -0.15) is 0 Å². The van der Waals surface area contributed by atoms with E-state index in [0.29, 0.717) is 6.04 Å². The summed E-state index contributed by atoms with van der Waals surface area (Å²) >= 11 is 0. The molecular formula is C18H22N4O. The molecule has 2 aliphatic rings. The van der Waals surface area contributed by atoms with E-state index in [-0.39, 0.29) is 5.91 Å². The smallest absolute Gasteiger partial charge is 0.253 e. The summed E-state index contributed by atoms with van der Waals surface area (Å²) < 4.78 is 1.94. The van der Waals surface area contributed by atoms with Crippen molar-refractivity contribution in [1.29, 1.82) is 0 Å². The third kappa shape index (κ3) is 2.88. The maximum absolute atomic E-state index is 12.8. The zero-order chi connectivity index (χ0) is 15.6. The molecule has 5 heteroatoms. The lowest BCUT2D eigenvalue weighted by molar-refractivity contribution is 0.0743. The highest BCUT2D eigenvalue weighted by Gasteiger charge is 2.30. The van der Waals surface area contributed by atoms with E-state index in [9.17, 15) is 4.79 Å². The fourth-order valence-electron chi connectivity index (χ4n) is 3.76. The number of imidazole rings is 1. The van der Waals surface area contributed by atoms with Crippen molar-refractivity contribution >= 4 is 5.91 Å². The molecule has 0 N–H and O–H groups in total. The predicted octanol–water partition coefficient (Wildman–Crippen LogP) is 2.18. The monoisotopic (exact) mass is 310 g/mol. The van der Waals surface area contributed by atoms with Crippen LogP contribution in [-0.4, -0.2) is 57.5 Å². The topological polar surface area (TPSA) is 41.4 Å². The molecule has 2 saturated heterocycles. The fourth-order valence-corrected chi connectivity index (χ4v) is 3.76. The van der Waals surface area contributed by atoms with Crippen LogP contribution in [0.25, 0.3) is 5.69 Å². The Morgan fingerprint density at radius 2 is 1.91 bits per heavy atom. The molecule has 0 spiro atoms. The molecule has 1 aromatic carbocycles. The van der Waals surface area contributed by atoms with Crippen LogP contribution >= 0.6 is 0 Å². The molecule has 4 rings (SSSR count). The first-order valence-corrected chi connectivity index (χ1v) is 8.43. The molecule has 1 unspecified atom stereocenters. The molecule has 2 aliphatic heterocycles. The van der Waals surface area contributed by atoms with Crippen molar-refractivity contribution in [1.82, 2.24) is 19.4 Å². The zero-order valence-corrected chi connectivity index (χ0v) is 13.3. The summed E-state index contributed by atoms with van der Waals surface area (Å²) in [4.78, 5) is 21.5. The summed E-state index contributed by atoms with van der Waals surface area (Å²) in [5, 5.41) is 0. The molecular weight excluding hydrogens is 288 g/mol. The number of aromatic nitrogens is 2. The van der Waals surface area contributed by atoms with Crippen LogP contribution in [0.15, 0.2) is 43.0 Å². The molecule has 5 nitrogen and oxygen atoms in total. The zero-order valence-electron chi connectivity index (χ0n) is 13.3. The largest absolute Gasteiger partial charge is 0.337 e. The average molecular weight is 310 g/mol. The SMILES string of the molecule is O=C(c1ccc(-n2ccnc2)cc1)N1CCCN2CCCC2C1. The van der Waals surface area contributed by atoms with E-state index in [1.807, 2.05) is 39.9 Å². The number of fused-ring (bicyclic) bond motifs is 1. The summed E-state index contributed by atoms with van der Waals surface area (Å²) in [6.45, 7) is 4.08. The maximum Gasteiger partial charge on any atom is 0.253 e. The third-order valence-corrected chi connectivity index (χ3v) is 5.01. The maximum atomic E-state index is 12.8. The number of carbonyl (C=O) groups is 1. The van der Waals surface area contributed by atoms with E-state index in [0.717, 1.165) is 37.3 Å². The minimum Gasteiger partial charge on any atom is -0.337 e. The van der Waals surface area contributed by atoms with Crippen LogP contribution in [0.2, 0.25) is 0 Å². The number of nitrogens with zero attached hydrogens (tertiary/aromatic N) is 4. The van der Waals surface area contributed by atoms with Gasteiger partial charge in [-0.1, -0.05) is 0 Å². The lowest BCUT2D eigenvalue weighted by Crippen LogP contribution is -2.39. The number of benzene rings is 1. The Kier molecular flexibility index (Phi) is 3.87. The van der Waals surface area contributed by atoms with Gasteiger partial charge in [-0.25, -0.2) is 4.98 Å². The van der Waals surface area contributed by atoms with Gasteiger partial charge in [-0.05, 0) is 50.1 Å². The van der Waals surface area contributed by atoms with Gasteiger partial charge in [-0.3, -0.25) is 9.69 Å². The molecule has 1 amide bonds. The first kappa shape index (κ1) is 14.5. The first-order chi connectivity index (χ1) is 11.3. The van der Waals surface area contributed by atoms with E-state index in [4.69, 9.17) is 0 Å². The minimum atomic E-state index is 0.163. The Balaban J connectivity index is 1.49. The van der Waals surface area contributed by atoms with E-state index in [1.165, 1.54) is 19.4 Å². The molecule has 0 saturated carbocycles. The standard InChI is InChI=1S/C18H22N4O/c23-18(21-11-2-10-20-9-1-3-17(20)13-21)15-4-6-16(7-5-15)22-12-8-19-14-22/h4-8,12,14,17H,1-3,9-11,13H2. The molecule has 0 radical (unpaired) electrons. The minimum absolute atomic E-state index is 0.163. The molecule has 1 aromatic heterocycles. The normalized spacial score (nSPS) is 21.9. The van der Waals surface area contributed by atoms with Crippen LogP contribution in [0.1, 0.15) is 29.6 Å². The summed E-state index contributed by atoms with van der Waals surface area (Å²) in [5.74, 6) is 0.163. The Morgan fingerprint density at radius 3 is 2.70 bits per heavy atom. The summed E-state index contributed by atoms with van der Waals surface area (Å²) in [7, 11) is 0. The summed E-state index contributed by atoms with van der Waals surface area (Å²) in [5.41, 5.74) is 1.80. The van der Waals surface area contributed by atoms with Crippen LogP contribution in [0.3, 0.4) is 0 Å². The molecule has 0 aliphatic carbocycles. The van der Waals surface area contributed by atoms with Gasteiger partial charge in [0.05, 0.1) is 6.33 Å². The first-order valence-electron chi connectivity index (χ1n) is 8.43. The third-order valence-electron chi connectivity index (χ3n) is 5.01. The van der Waals surface area contributed by atoms with Crippen molar-refractivity contribution in [3.63, 3.8) is 0 Å². The van der Waals surface area contributed by atoms with Crippen LogP contribution < -0.4 is 0 Å². The molecule has 23 heavy (non-hydrogen) atoms. The van der Waals surface area contributed by atoms with E-state index < -0.39 is 0 Å². The van der Waals surface area contributed by atoms with Crippen molar-refractivity contribution in [3.05, 3.63) is 48.5 Å². The second-order valence-electron chi connectivity index (χ2n) is 6.45. The predicted molar refractivity (Wildman–Crippen MR) is 88.7 cm³/mol. The van der Waals surface area contributed by atoms with Crippen molar-refractivity contribution in [3.8, 4) is 5.69 Å². The molecule has 120 valence electrons. The van der Waals surface area contributed by atoms with Gasteiger partial charge in [0.15, 0.2) is 0 Å². The van der Waals surface area contributed by atoms with Crippen molar-refractivity contribution in [2.45, 2.75) is 25.3 Å². The van der Waals surface area contributed by atoms with E-state index in [1.54, 1.807) is 12.5 Å². The quantitative estimate of drug-likeness (QED) is 0.854. The lowest BCUT2D eigenvalue weighted by atomic mass is 10.1. The molecule has 2 aromatic rings. The summed E-state index contributed by atoms with van der Waals surface area (Å²) in [6.07, 6.45) is 9.00. The lowest BCUT2D eigenvalue weighted by Gasteiger charge is -2.25. The van der Waals surface area contributed by atoms with Gasteiger partial charge in [0.2, 0.25) is 0 Å². The number of hydrogen-bond donors (Lipinski definition) is 0.